The zero-order valence-electron chi connectivity index (χ0n) is 19.7. The van der Waals surface area contributed by atoms with Crippen molar-refractivity contribution in [3.63, 3.8) is 0 Å². The topological polar surface area (TPSA) is 78.4 Å². The SMILES string of the molecule is CC(C)NC(=O)C(C)C1CCC2(C)CCC(NC(=O)C3CCCCC3)C(C)C2C1O. The molecule has 3 aliphatic rings. The van der Waals surface area contributed by atoms with E-state index in [1.165, 1.54) is 6.42 Å². The van der Waals surface area contributed by atoms with Crippen LogP contribution in [-0.4, -0.2) is 35.1 Å². The number of aliphatic hydroxyl groups excluding tert-OH is 1. The molecule has 3 N–H and O–H groups in total. The Morgan fingerprint density at radius 1 is 1.00 bits per heavy atom. The first kappa shape index (κ1) is 23.6. The zero-order chi connectivity index (χ0) is 22.1. The molecule has 3 saturated carbocycles. The standard InChI is InChI=1S/C25H44N2O3/c1-15(2)26-23(29)16(3)19-11-13-25(5)14-12-20(17(4)21(25)22(19)28)27-24(30)18-9-7-6-8-10-18/h15-22,28H,6-14H2,1-5H3,(H,26,29)(H,27,30). The van der Waals surface area contributed by atoms with Gasteiger partial charge >= 0.3 is 0 Å². The Balaban J connectivity index is 1.69. The molecule has 2 amide bonds. The Hall–Kier alpha value is -1.10. The molecule has 7 unspecified atom stereocenters. The maximum Gasteiger partial charge on any atom is 0.223 e. The van der Waals surface area contributed by atoms with E-state index in [1.807, 2.05) is 20.8 Å². The van der Waals surface area contributed by atoms with Gasteiger partial charge in [0.1, 0.15) is 0 Å². The third-order valence-electron chi connectivity index (χ3n) is 8.68. The summed E-state index contributed by atoms with van der Waals surface area (Å²) in [6.07, 6.45) is 9.08. The lowest BCUT2D eigenvalue weighted by Gasteiger charge is -2.56. The molecule has 3 aliphatic carbocycles. The molecule has 5 heteroatoms. The van der Waals surface area contributed by atoms with Crippen LogP contribution in [0.5, 0.6) is 0 Å². The van der Waals surface area contributed by atoms with Gasteiger partial charge in [-0.3, -0.25) is 9.59 Å². The summed E-state index contributed by atoms with van der Waals surface area (Å²) in [7, 11) is 0. The summed E-state index contributed by atoms with van der Waals surface area (Å²) >= 11 is 0. The van der Waals surface area contributed by atoms with Gasteiger partial charge in [-0.05, 0) is 75.5 Å². The monoisotopic (exact) mass is 420 g/mol. The Labute approximate surface area is 183 Å². The van der Waals surface area contributed by atoms with Crippen LogP contribution in [0.15, 0.2) is 0 Å². The first-order chi connectivity index (χ1) is 14.1. The predicted molar refractivity (Wildman–Crippen MR) is 120 cm³/mol. The number of hydrogen-bond acceptors (Lipinski definition) is 3. The average molecular weight is 421 g/mol. The van der Waals surface area contributed by atoms with E-state index < -0.39 is 6.10 Å². The molecule has 0 spiro atoms. The molecule has 0 saturated heterocycles. The summed E-state index contributed by atoms with van der Waals surface area (Å²) < 4.78 is 0. The summed E-state index contributed by atoms with van der Waals surface area (Å²) in [6.45, 7) is 10.4. The van der Waals surface area contributed by atoms with E-state index in [0.717, 1.165) is 51.4 Å². The normalized spacial score (nSPS) is 38.6. The van der Waals surface area contributed by atoms with E-state index >= 15 is 0 Å². The van der Waals surface area contributed by atoms with E-state index in [0.29, 0.717) is 0 Å². The molecule has 3 fully saturated rings. The second-order valence-corrected chi connectivity index (χ2v) is 11.2. The Bertz CT molecular complexity index is 616. The van der Waals surface area contributed by atoms with Crippen LogP contribution in [0, 0.1) is 35.0 Å². The molecule has 3 rings (SSSR count). The highest BCUT2D eigenvalue weighted by molar-refractivity contribution is 5.79. The highest BCUT2D eigenvalue weighted by Crippen LogP contribution is 2.55. The molecule has 0 radical (unpaired) electrons. The summed E-state index contributed by atoms with van der Waals surface area (Å²) in [4.78, 5) is 25.5. The number of carbonyl (C=O) groups excluding carboxylic acids is 2. The molecular formula is C25H44N2O3. The molecule has 5 nitrogen and oxygen atoms in total. The number of fused-ring (bicyclic) bond motifs is 1. The number of nitrogens with one attached hydrogen (secondary N) is 2. The highest BCUT2D eigenvalue weighted by atomic mass is 16.3. The molecule has 0 aromatic carbocycles. The number of carbonyl (C=O) groups is 2. The van der Waals surface area contributed by atoms with Crippen molar-refractivity contribution in [1.82, 2.24) is 10.6 Å². The summed E-state index contributed by atoms with van der Waals surface area (Å²) in [5.74, 6) is 0.562. The fraction of sp³-hybridized carbons (Fsp3) is 0.920. The van der Waals surface area contributed by atoms with Crippen LogP contribution in [0.2, 0.25) is 0 Å². The van der Waals surface area contributed by atoms with Gasteiger partial charge < -0.3 is 15.7 Å². The van der Waals surface area contributed by atoms with E-state index in [4.69, 9.17) is 0 Å². The van der Waals surface area contributed by atoms with Gasteiger partial charge in [0.05, 0.1) is 6.10 Å². The van der Waals surface area contributed by atoms with Gasteiger partial charge in [-0.2, -0.15) is 0 Å². The molecule has 0 aromatic rings. The molecule has 30 heavy (non-hydrogen) atoms. The van der Waals surface area contributed by atoms with Crippen LogP contribution in [0.4, 0.5) is 0 Å². The predicted octanol–water partition coefficient (Wildman–Crippen LogP) is 4.04. The smallest absolute Gasteiger partial charge is 0.223 e. The van der Waals surface area contributed by atoms with E-state index in [-0.39, 0.29) is 58.9 Å². The number of hydrogen-bond donors (Lipinski definition) is 3. The minimum atomic E-state index is -0.499. The zero-order valence-corrected chi connectivity index (χ0v) is 19.7. The first-order valence-corrected chi connectivity index (χ1v) is 12.4. The maximum atomic E-state index is 12.9. The van der Waals surface area contributed by atoms with Gasteiger partial charge in [-0.1, -0.05) is 40.0 Å². The average Bonchev–Trinajstić information content (AvgIpc) is 2.70. The molecule has 7 atom stereocenters. The summed E-state index contributed by atoms with van der Waals surface area (Å²) in [5.41, 5.74) is 0.0929. The lowest BCUT2D eigenvalue weighted by Crippen LogP contribution is -2.59. The minimum Gasteiger partial charge on any atom is -0.392 e. The van der Waals surface area contributed by atoms with Crippen LogP contribution < -0.4 is 10.6 Å². The second-order valence-electron chi connectivity index (χ2n) is 11.2. The molecular weight excluding hydrogens is 376 g/mol. The largest absolute Gasteiger partial charge is 0.392 e. The Kier molecular flexibility index (Phi) is 7.53. The first-order valence-electron chi connectivity index (χ1n) is 12.4. The van der Waals surface area contributed by atoms with Gasteiger partial charge in [0.25, 0.3) is 0 Å². The quantitative estimate of drug-likeness (QED) is 0.628. The highest BCUT2D eigenvalue weighted by Gasteiger charge is 2.54. The number of aliphatic hydroxyl groups is 1. The van der Waals surface area contributed by atoms with Gasteiger partial charge in [0.2, 0.25) is 11.8 Å². The van der Waals surface area contributed by atoms with E-state index in [9.17, 15) is 14.7 Å². The van der Waals surface area contributed by atoms with E-state index in [2.05, 4.69) is 24.5 Å². The lowest BCUT2D eigenvalue weighted by molar-refractivity contribution is -0.144. The van der Waals surface area contributed by atoms with Crippen LogP contribution in [-0.2, 0) is 9.59 Å². The molecule has 0 aliphatic heterocycles. The summed E-state index contributed by atoms with van der Waals surface area (Å²) in [6, 6.07) is 0.240. The van der Waals surface area contributed by atoms with Crippen LogP contribution in [0.3, 0.4) is 0 Å². The van der Waals surface area contributed by atoms with Gasteiger partial charge in [-0.25, -0.2) is 0 Å². The Morgan fingerprint density at radius 2 is 1.63 bits per heavy atom. The third-order valence-corrected chi connectivity index (χ3v) is 8.68. The fourth-order valence-corrected chi connectivity index (χ4v) is 6.77. The summed E-state index contributed by atoms with van der Waals surface area (Å²) in [5, 5.41) is 17.9. The van der Waals surface area contributed by atoms with Crippen LogP contribution in [0.25, 0.3) is 0 Å². The van der Waals surface area contributed by atoms with Crippen molar-refractivity contribution >= 4 is 11.8 Å². The minimum absolute atomic E-state index is 0.0166. The van der Waals surface area contributed by atoms with E-state index in [1.54, 1.807) is 0 Å². The molecule has 0 heterocycles. The van der Waals surface area contributed by atoms with Gasteiger partial charge in [-0.15, -0.1) is 0 Å². The fourth-order valence-electron chi connectivity index (χ4n) is 6.77. The van der Waals surface area contributed by atoms with Gasteiger partial charge in [0, 0.05) is 23.9 Å². The van der Waals surface area contributed by atoms with Crippen LogP contribution in [0.1, 0.15) is 92.4 Å². The van der Waals surface area contributed by atoms with Crippen LogP contribution >= 0.6 is 0 Å². The number of amides is 2. The van der Waals surface area contributed by atoms with Gasteiger partial charge in [0.15, 0.2) is 0 Å². The maximum absolute atomic E-state index is 12.9. The number of rotatable bonds is 5. The molecule has 172 valence electrons. The van der Waals surface area contributed by atoms with Crippen molar-refractivity contribution in [2.45, 2.75) is 111 Å². The molecule has 0 aromatic heterocycles. The van der Waals surface area contributed by atoms with Crippen molar-refractivity contribution in [1.29, 1.82) is 0 Å². The molecule has 0 bridgehead atoms. The van der Waals surface area contributed by atoms with Crippen molar-refractivity contribution in [2.24, 2.45) is 35.0 Å². The Morgan fingerprint density at radius 3 is 2.27 bits per heavy atom. The van der Waals surface area contributed by atoms with Crippen molar-refractivity contribution in [3.8, 4) is 0 Å². The van der Waals surface area contributed by atoms with Crippen molar-refractivity contribution < 1.29 is 14.7 Å². The lowest BCUT2D eigenvalue weighted by atomic mass is 9.51. The second kappa shape index (κ2) is 9.58. The third kappa shape index (κ3) is 4.87. The van der Waals surface area contributed by atoms with Crippen molar-refractivity contribution in [2.75, 3.05) is 0 Å². The van der Waals surface area contributed by atoms with Crippen molar-refractivity contribution in [3.05, 3.63) is 0 Å².